The highest BCUT2D eigenvalue weighted by Gasteiger charge is 2.09. The Balaban J connectivity index is 2.55. The van der Waals surface area contributed by atoms with E-state index >= 15 is 0 Å². The van der Waals surface area contributed by atoms with Crippen LogP contribution in [0.4, 0.5) is 4.39 Å². The summed E-state index contributed by atoms with van der Waals surface area (Å²) in [6.07, 6.45) is 2.18. The molecule has 1 nitrogen and oxygen atoms in total. The van der Waals surface area contributed by atoms with Crippen molar-refractivity contribution in [2.75, 3.05) is 0 Å². The van der Waals surface area contributed by atoms with Crippen molar-refractivity contribution in [2.45, 2.75) is 39.2 Å². The molecule has 0 aliphatic rings. The number of hydrogen-bond donors (Lipinski definition) is 1. The molecule has 1 aromatic carbocycles. The Kier molecular flexibility index (Phi) is 5.42. The van der Waals surface area contributed by atoms with E-state index in [4.69, 9.17) is 0 Å². The van der Waals surface area contributed by atoms with Crippen LogP contribution in [-0.2, 0) is 0 Å². The van der Waals surface area contributed by atoms with Gasteiger partial charge in [0.1, 0.15) is 5.82 Å². The van der Waals surface area contributed by atoms with Crippen LogP contribution in [0.2, 0.25) is 0 Å². The third kappa shape index (κ3) is 4.62. The fourth-order valence-corrected chi connectivity index (χ4v) is 2.14. The van der Waals surface area contributed by atoms with Gasteiger partial charge in [0.2, 0.25) is 0 Å². The third-order valence-corrected chi connectivity index (χ3v) is 2.99. The van der Waals surface area contributed by atoms with E-state index in [-0.39, 0.29) is 5.82 Å². The molecule has 1 aromatic rings. The van der Waals surface area contributed by atoms with Crippen LogP contribution in [0.5, 0.6) is 0 Å². The molecule has 0 bridgehead atoms. The molecule has 90 valence electrons. The highest BCUT2D eigenvalue weighted by molar-refractivity contribution is 9.10. The molecular formula is C13H18BrFO. The number of benzene rings is 1. The highest BCUT2D eigenvalue weighted by Crippen LogP contribution is 2.24. The first-order valence-corrected chi connectivity index (χ1v) is 6.42. The lowest BCUT2D eigenvalue weighted by Gasteiger charge is -2.12. The summed E-state index contributed by atoms with van der Waals surface area (Å²) in [7, 11) is 0. The van der Waals surface area contributed by atoms with Crippen LogP contribution >= 0.6 is 15.9 Å². The second-order valence-corrected chi connectivity index (χ2v) is 5.46. The summed E-state index contributed by atoms with van der Waals surface area (Å²) < 4.78 is 13.8. The molecule has 0 aliphatic carbocycles. The minimum absolute atomic E-state index is 0.313. The molecule has 0 saturated heterocycles. The first kappa shape index (κ1) is 13.7. The van der Waals surface area contributed by atoms with Crippen molar-refractivity contribution < 1.29 is 9.50 Å². The van der Waals surface area contributed by atoms with Gasteiger partial charge in [-0.25, -0.2) is 4.39 Å². The van der Waals surface area contributed by atoms with E-state index in [2.05, 4.69) is 29.8 Å². The monoisotopic (exact) mass is 288 g/mol. The van der Waals surface area contributed by atoms with Crippen molar-refractivity contribution in [1.29, 1.82) is 0 Å². The Morgan fingerprint density at radius 3 is 2.50 bits per heavy atom. The molecule has 0 aliphatic heterocycles. The van der Waals surface area contributed by atoms with Crippen LogP contribution in [0.25, 0.3) is 0 Å². The van der Waals surface area contributed by atoms with Gasteiger partial charge in [-0.2, -0.15) is 0 Å². The Hall–Kier alpha value is -0.410. The maximum atomic E-state index is 13.1. The van der Waals surface area contributed by atoms with Gasteiger partial charge in [0, 0.05) is 4.47 Å². The van der Waals surface area contributed by atoms with Crippen LogP contribution in [0, 0.1) is 11.7 Å². The molecule has 0 spiro atoms. The number of hydrogen-bond acceptors (Lipinski definition) is 1. The Labute approximate surface area is 105 Å². The minimum atomic E-state index is -0.564. The summed E-state index contributed by atoms with van der Waals surface area (Å²) in [5.74, 6) is 0.332. The lowest BCUT2D eigenvalue weighted by molar-refractivity contribution is 0.161. The predicted molar refractivity (Wildman–Crippen MR) is 67.7 cm³/mol. The minimum Gasteiger partial charge on any atom is -0.388 e. The van der Waals surface area contributed by atoms with Crippen LogP contribution in [0.15, 0.2) is 22.7 Å². The van der Waals surface area contributed by atoms with Crippen LogP contribution in [0.1, 0.15) is 44.8 Å². The largest absolute Gasteiger partial charge is 0.388 e. The zero-order valence-electron chi connectivity index (χ0n) is 9.71. The molecule has 3 heteroatoms. The quantitative estimate of drug-likeness (QED) is 0.849. The maximum Gasteiger partial charge on any atom is 0.124 e. The van der Waals surface area contributed by atoms with Gasteiger partial charge in [-0.1, -0.05) is 42.6 Å². The fourth-order valence-electron chi connectivity index (χ4n) is 1.65. The van der Waals surface area contributed by atoms with E-state index < -0.39 is 6.10 Å². The topological polar surface area (TPSA) is 20.2 Å². The van der Waals surface area contributed by atoms with Gasteiger partial charge in [-0.15, -0.1) is 0 Å². The summed E-state index contributed by atoms with van der Waals surface area (Å²) in [6.45, 7) is 4.32. The van der Waals surface area contributed by atoms with Gasteiger partial charge in [-0.3, -0.25) is 0 Å². The molecule has 0 heterocycles. The van der Waals surface area contributed by atoms with Crippen molar-refractivity contribution in [3.05, 3.63) is 34.1 Å². The highest BCUT2D eigenvalue weighted by atomic mass is 79.9. The molecule has 0 amide bonds. The molecule has 1 atom stereocenters. The first-order valence-electron chi connectivity index (χ1n) is 5.63. The lowest BCUT2D eigenvalue weighted by Crippen LogP contribution is -1.99. The number of rotatable bonds is 5. The molecular weight excluding hydrogens is 271 g/mol. The number of aliphatic hydroxyl groups excluding tert-OH is 1. The third-order valence-electron chi connectivity index (χ3n) is 2.53. The van der Waals surface area contributed by atoms with Gasteiger partial charge in [-0.05, 0) is 36.1 Å². The molecule has 0 saturated carbocycles. The Morgan fingerprint density at radius 1 is 1.25 bits per heavy atom. The van der Waals surface area contributed by atoms with E-state index in [9.17, 15) is 9.50 Å². The van der Waals surface area contributed by atoms with Gasteiger partial charge in [0.05, 0.1) is 6.10 Å². The van der Waals surface area contributed by atoms with Gasteiger partial charge < -0.3 is 5.11 Å². The fraction of sp³-hybridized carbons (Fsp3) is 0.538. The van der Waals surface area contributed by atoms with Gasteiger partial charge >= 0.3 is 0 Å². The summed E-state index contributed by atoms with van der Waals surface area (Å²) >= 11 is 3.22. The van der Waals surface area contributed by atoms with Crippen molar-refractivity contribution in [3.8, 4) is 0 Å². The van der Waals surface area contributed by atoms with E-state index in [0.717, 1.165) is 12.8 Å². The summed E-state index contributed by atoms with van der Waals surface area (Å²) in [5.41, 5.74) is 0.649. The van der Waals surface area contributed by atoms with Crippen LogP contribution in [0.3, 0.4) is 0 Å². The molecule has 0 aromatic heterocycles. The SMILES string of the molecule is CC(C)CCCC(O)c1cc(F)cc(Br)c1. The zero-order chi connectivity index (χ0) is 12.1. The average molecular weight is 289 g/mol. The molecule has 16 heavy (non-hydrogen) atoms. The van der Waals surface area contributed by atoms with Gasteiger partial charge in [0.25, 0.3) is 0 Å². The van der Waals surface area contributed by atoms with E-state index in [1.165, 1.54) is 12.1 Å². The van der Waals surface area contributed by atoms with E-state index in [1.54, 1.807) is 6.07 Å². The Morgan fingerprint density at radius 2 is 1.94 bits per heavy atom. The molecule has 0 radical (unpaired) electrons. The van der Waals surface area contributed by atoms with Crippen molar-refractivity contribution >= 4 is 15.9 Å². The molecule has 1 N–H and O–H groups in total. The maximum absolute atomic E-state index is 13.1. The standard InChI is InChI=1S/C13H18BrFO/c1-9(2)4-3-5-13(16)10-6-11(14)8-12(15)7-10/h6-9,13,16H,3-5H2,1-2H3. The first-order chi connectivity index (χ1) is 7.49. The summed E-state index contributed by atoms with van der Waals surface area (Å²) in [5, 5.41) is 9.89. The van der Waals surface area contributed by atoms with Crippen LogP contribution in [-0.4, -0.2) is 5.11 Å². The normalized spacial score (nSPS) is 13.1. The van der Waals surface area contributed by atoms with Crippen molar-refractivity contribution in [2.24, 2.45) is 5.92 Å². The van der Waals surface area contributed by atoms with Crippen molar-refractivity contribution in [1.82, 2.24) is 0 Å². The second kappa shape index (κ2) is 6.36. The smallest absolute Gasteiger partial charge is 0.124 e. The Bertz CT molecular complexity index is 318. The molecule has 1 unspecified atom stereocenters. The van der Waals surface area contributed by atoms with Crippen molar-refractivity contribution in [3.63, 3.8) is 0 Å². The number of aliphatic hydroxyl groups is 1. The summed E-state index contributed by atoms with van der Waals surface area (Å²) in [6, 6.07) is 4.55. The predicted octanol–water partition coefficient (Wildman–Crippen LogP) is 4.45. The van der Waals surface area contributed by atoms with Crippen LogP contribution < -0.4 is 0 Å². The molecule has 1 rings (SSSR count). The lowest BCUT2D eigenvalue weighted by atomic mass is 10.0. The number of halogens is 2. The molecule has 0 fully saturated rings. The van der Waals surface area contributed by atoms with E-state index in [0.29, 0.717) is 22.4 Å². The van der Waals surface area contributed by atoms with E-state index in [1.807, 2.05) is 0 Å². The summed E-state index contributed by atoms with van der Waals surface area (Å²) in [4.78, 5) is 0. The second-order valence-electron chi connectivity index (χ2n) is 4.54. The zero-order valence-corrected chi connectivity index (χ0v) is 11.3. The average Bonchev–Trinajstić information content (AvgIpc) is 2.15. The van der Waals surface area contributed by atoms with Gasteiger partial charge in [0.15, 0.2) is 0 Å².